The molecule has 7 rings (SSSR count). The van der Waals surface area contributed by atoms with Gasteiger partial charge >= 0.3 is 0 Å². The third-order valence-corrected chi connectivity index (χ3v) is 11.0. The molecule has 1 aliphatic carbocycles. The highest BCUT2D eigenvalue weighted by atomic mass is 16.6. The highest BCUT2D eigenvalue weighted by Gasteiger charge is 2.47. The lowest BCUT2D eigenvalue weighted by Crippen LogP contribution is -2.58. The summed E-state index contributed by atoms with van der Waals surface area (Å²) in [5.74, 6) is 11.8. The first-order valence-electron chi connectivity index (χ1n) is 17.4. The van der Waals surface area contributed by atoms with Crippen molar-refractivity contribution in [2.24, 2.45) is 0 Å². The van der Waals surface area contributed by atoms with Crippen molar-refractivity contribution in [2.75, 3.05) is 32.9 Å². The van der Waals surface area contributed by atoms with E-state index in [1.807, 2.05) is 41.3 Å². The van der Waals surface area contributed by atoms with Gasteiger partial charge in [-0.15, -0.1) is 0 Å². The van der Waals surface area contributed by atoms with E-state index >= 15 is 0 Å². The molecule has 4 saturated heterocycles. The normalized spacial score (nSPS) is 35.3. The largest absolute Gasteiger partial charge is 0.394 e. The number of aliphatic hydroxyl groups excluding tert-OH is 8. The number of benzene rings is 2. The number of hydrogen-bond acceptors (Lipinski definition) is 12. The molecule has 13 heteroatoms. The van der Waals surface area contributed by atoms with Crippen LogP contribution in [-0.4, -0.2) is 152 Å². The van der Waals surface area contributed by atoms with E-state index in [4.69, 9.17) is 14.2 Å². The minimum Gasteiger partial charge on any atom is -0.394 e. The molecular formula is C38H43NO12. The Morgan fingerprint density at radius 2 is 1.22 bits per heavy atom. The average Bonchev–Trinajstić information content (AvgIpc) is 3.78. The molecule has 5 aliphatic rings. The first kappa shape index (κ1) is 36.0. The van der Waals surface area contributed by atoms with Gasteiger partial charge in [-0.2, -0.15) is 0 Å². The van der Waals surface area contributed by atoms with Crippen LogP contribution in [0.5, 0.6) is 0 Å². The summed E-state index contributed by atoms with van der Waals surface area (Å²) in [4.78, 5) is 15.2. The van der Waals surface area contributed by atoms with Crippen molar-refractivity contribution in [1.82, 2.24) is 4.90 Å². The number of rotatable bonds is 3. The molecule has 4 heterocycles. The van der Waals surface area contributed by atoms with Crippen molar-refractivity contribution < 1.29 is 59.9 Å². The van der Waals surface area contributed by atoms with Gasteiger partial charge in [0.1, 0.15) is 67.1 Å². The number of fused-ring (bicyclic) bond motifs is 5. The molecule has 8 N–H and O–H groups in total. The fraction of sp³-hybridized carbons (Fsp3) is 0.553. The summed E-state index contributed by atoms with van der Waals surface area (Å²) < 4.78 is 16.9. The number of ether oxygens (including phenoxy) is 3. The predicted octanol–water partition coefficient (Wildman–Crippen LogP) is -1.86. The van der Waals surface area contributed by atoms with Gasteiger partial charge in [-0.25, -0.2) is 0 Å². The van der Waals surface area contributed by atoms with Crippen LogP contribution in [0.4, 0.5) is 0 Å². The van der Waals surface area contributed by atoms with Crippen molar-refractivity contribution in [1.29, 1.82) is 0 Å². The molecule has 51 heavy (non-hydrogen) atoms. The van der Waals surface area contributed by atoms with Gasteiger partial charge in [-0.1, -0.05) is 35.8 Å². The van der Waals surface area contributed by atoms with Crippen LogP contribution in [0.25, 0.3) is 11.1 Å². The maximum atomic E-state index is 13.3. The number of carbonyl (C=O) groups is 1. The quantitative estimate of drug-likeness (QED) is 0.166. The van der Waals surface area contributed by atoms with Gasteiger partial charge in [-0.05, 0) is 72.2 Å². The maximum Gasteiger partial charge on any atom is 0.251 e. The highest BCUT2D eigenvalue weighted by Crippen LogP contribution is 2.54. The van der Waals surface area contributed by atoms with Crippen molar-refractivity contribution >= 4 is 5.91 Å². The molecule has 2 aromatic rings. The Balaban J connectivity index is 1.21. The lowest BCUT2D eigenvalue weighted by molar-refractivity contribution is -0.214. The van der Waals surface area contributed by atoms with Gasteiger partial charge in [0.15, 0.2) is 0 Å². The summed E-state index contributed by atoms with van der Waals surface area (Å²) in [6, 6.07) is 11.6. The van der Waals surface area contributed by atoms with E-state index in [-0.39, 0.29) is 5.91 Å². The van der Waals surface area contributed by atoms with Crippen LogP contribution < -0.4 is 0 Å². The van der Waals surface area contributed by atoms with Crippen LogP contribution in [-0.2, 0) is 24.4 Å². The lowest BCUT2D eigenvalue weighted by Gasteiger charge is -2.41. The van der Waals surface area contributed by atoms with Crippen molar-refractivity contribution in [3.05, 3.63) is 58.7 Å². The van der Waals surface area contributed by atoms with E-state index in [1.54, 1.807) is 0 Å². The van der Waals surface area contributed by atoms with Crippen LogP contribution in [0, 0.1) is 23.7 Å². The zero-order chi connectivity index (χ0) is 36.0. The van der Waals surface area contributed by atoms with Gasteiger partial charge in [0.25, 0.3) is 5.91 Å². The van der Waals surface area contributed by atoms with E-state index in [2.05, 4.69) is 23.7 Å². The van der Waals surface area contributed by atoms with Crippen LogP contribution in [0.3, 0.4) is 0 Å². The fourth-order valence-electron chi connectivity index (χ4n) is 8.02. The Bertz CT molecular complexity index is 1640. The number of aliphatic hydroxyl groups is 8. The summed E-state index contributed by atoms with van der Waals surface area (Å²) in [7, 11) is 0. The number of carbonyl (C=O) groups excluding carboxylic acids is 1. The molecule has 4 aliphatic heterocycles. The van der Waals surface area contributed by atoms with E-state index in [0.717, 1.165) is 28.7 Å². The van der Waals surface area contributed by atoms with Crippen LogP contribution in [0.2, 0.25) is 0 Å². The fourth-order valence-corrected chi connectivity index (χ4v) is 8.02. The maximum absolute atomic E-state index is 13.3. The number of piperidine rings is 1. The Morgan fingerprint density at radius 3 is 1.65 bits per heavy atom. The molecule has 0 saturated carbocycles. The molecule has 0 aromatic heterocycles. The average molecular weight is 706 g/mol. The minimum atomic E-state index is -1.53. The Kier molecular flexibility index (Phi) is 10.3. The van der Waals surface area contributed by atoms with Crippen molar-refractivity contribution in [3.8, 4) is 34.8 Å². The smallest absolute Gasteiger partial charge is 0.251 e. The molecule has 1 amide bonds. The van der Waals surface area contributed by atoms with Gasteiger partial charge in [0.05, 0.1) is 13.2 Å². The first-order chi connectivity index (χ1) is 24.6. The number of hydrogen-bond donors (Lipinski definition) is 8. The SMILES string of the molecule is O=C([C@@H]1CCCO1)N1CCC2(CC1)c1cc(C#C[C@H]3O[C@H](CO)[C@@H](O)[C@H](O)[C@@H]3O)ccc1-c1ccc(C#C[C@H]3O[C@H](CO)[C@@H](O)[C@H](O)[C@@H]3O)cc12. The molecule has 272 valence electrons. The molecule has 0 bridgehead atoms. The molecule has 0 radical (unpaired) electrons. The molecule has 4 fully saturated rings. The molecule has 1 spiro atoms. The van der Waals surface area contributed by atoms with Gasteiger partial charge in [-0.3, -0.25) is 4.79 Å². The van der Waals surface area contributed by atoms with Crippen molar-refractivity contribution in [2.45, 2.75) is 98.2 Å². The zero-order valence-corrected chi connectivity index (χ0v) is 27.8. The van der Waals surface area contributed by atoms with Crippen LogP contribution in [0.15, 0.2) is 36.4 Å². The number of likely N-dealkylation sites (tertiary alicyclic amines) is 1. The third-order valence-electron chi connectivity index (χ3n) is 11.0. The highest BCUT2D eigenvalue weighted by molar-refractivity contribution is 5.84. The topological polar surface area (TPSA) is 210 Å². The van der Waals surface area contributed by atoms with Crippen LogP contribution >= 0.6 is 0 Å². The van der Waals surface area contributed by atoms with E-state index < -0.39 is 85.8 Å². The summed E-state index contributed by atoms with van der Waals surface area (Å²) >= 11 is 0. The Morgan fingerprint density at radius 1 is 0.725 bits per heavy atom. The first-order valence-corrected chi connectivity index (χ1v) is 17.4. The lowest BCUT2D eigenvalue weighted by atomic mass is 9.70. The monoisotopic (exact) mass is 705 g/mol. The summed E-state index contributed by atoms with van der Waals surface area (Å²) in [6.45, 7) is 0.473. The molecular weight excluding hydrogens is 662 g/mol. The van der Waals surface area contributed by atoms with Crippen LogP contribution in [0.1, 0.15) is 47.9 Å². The second kappa shape index (κ2) is 14.5. The van der Waals surface area contributed by atoms with E-state index in [0.29, 0.717) is 50.1 Å². The predicted molar refractivity (Wildman–Crippen MR) is 179 cm³/mol. The van der Waals surface area contributed by atoms with Gasteiger partial charge < -0.3 is 60.0 Å². The number of amides is 1. The zero-order valence-electron chi connectivity index (χ0n) is 27.8. The second-order valence-electron chi connectivity index (χ2n) is 14.0. The van der Waals surface area contributed by atoms with E-state index in [1.165, 1.54) is 0 Å². The summed E-state index contributed by atoms with van der Waals surface area (Å²) in [6.07, 6.45) is -11.0. The second-order valence-corrected chi connectivity index (χ2v) is 14.0. The van der Waals surface area contributed by atoms with Gasteiger partial charge in [0.2, 0.25) is 0 Å². The summed E-state index contributed by atoms with van der Waals surface area (Å²) in [5, 5.41) is 80.9. The molecule has 2 aromatic carbocycles. The molecule has 13 nitrogen and oxygen atoms in total. The number of nitrogens with zero attached hydrogens (tertiary/aromatic N) is 1. The standard InChI is InChI=1S/C38H43NO12/c40-18-29-33(44)35(46)31(42)26(50-29)9-5-20-3-7-22-23-8-4-21(6-10-27-32(43)36(47)34(45)30(19-41)51-27)17-25(23)38(24(22)16-20)11-13-39(14-12-38)37(48)28-2-1-15-49-28/h3-4,7-8,16-17,26-36,40-47H,1-2,11-15,18-19H2/t26-,27-,28+,29-,30-,31-,32-,33-,34-,35-,36-/m1/s1. The Labute approximate surface area is 295 Å². The van der Waals surface area contributed by atoms with E-state index in [9.17, 15) is 45.6 Å². The molecule has 0 unspecified atom stereocenters. The minimum absolute atomic E-state index is 0.000846. The third kappa shape index (κ3) is 6.48. The molecule has 11 atom stereocenters. The Hall–Kier alpha value is -3.41. The van der Waals surface area contributed by atoms with Gasteiger partial charge in [0, 0.05) is 36.2 Å². The summed E-state index contributed by atoms with van der Waals surface area (Å²) in [5.41, 5.74) is 4.76. The van der Waals surface area contributed by atoms with Crippen molar-refractivity contribution in [3.63, 3.8) is 0 Å².